The number of hydrogen-bond donors (Lipinski definition) is 0. The van der Waals surface area contributed by atoms with Crippen molar-refractivity contribution in [1.82, 2.24) is 14.5 Å². The maximum absolute atomic E-state index is 11.1. The first-order chi connectivity index (χ1) is 9.08. The third-order valence-electron chi connectivity index (χ3n) is 3.58. The van der Waals surface area contributed by atoms with Crippen molar-refractivity contribution in [2.75, 3.05) is 19.6 Å². The second-order valence-corrected chi connectivity index (χ2v) is 5.70. The van der Waals surface area contributed by atoms with Crippen LogP contribution in [0.25, 0.3) is 0 Å². The molecule has 4 nitrogen and oxygen atoms in total. The number of unbranched alkanes of at least 4 members (excludes halogenated alkanes) is 1. The van der Waals surface area contributed by atoms with E-state index in [1.165, 1.54) is 0 Å². The molecule has 2 heterocycles. The van der Waals surface area contributed by atoms with Crippen LogP contribution in [0, 0.1) is 6.92 Å². The van der Waals surface area contributed by atoms with Gasteiger partial charge in [0, 0.05) is 32.5 Å². The Hall–Kier alpha value is -0.580. The highest BCUT2D eigenvalue weighted by molar-refractivity contribution is 6.40. The lowest BCUT2D eigenvalue weighted by atomic mass is 10.1. The third kappa shape index (κ3) is 3.94. The number of Topliss-reactive ketones (excluding diaryl/α,β-unsaturated/α-hetero) is 1. The maximum Gasteiger partial charge on any atom is 0.166 e. The number of likely N-dealkylation sites (tertiary alicyclic amines) is 1. The van der Waals surface area contributed by atoms with Gasteiger partial charge in [-0.05, 0) is 26.3 Å². The molecule has 1 saturated heterocycles. The van der Waals surface area contributed by atoms with Crippen LogP contribution in [-0.2, 0) is 11.3 Å². The fraction of sp³-hybridized carbons (Fsp3) is 0.692. The number of nitrogens with zero attached hydrogens (tertiary/aromatic N) is 3. The van der Waals surface area contributed by atoms with Gasteiger partial charge in [-0.25, -0.2) is 4.98 Å². The van der Waals surface area contributed by atoms with E-state index >= 15 is 0 Å². The van der Waals surface area contributed by atoms with Crippen molar-refractivity contribution in [3.05, 3.63) is 16.1 Å². The van der Waals surface area contributed by atoms with E-state index in [0.717, 1.165) is 44.8 Å². The number of halogens is 2. The lowest BCUT2D eigenvalue weighted by molar-refractivity contribution is -0.121. The summed E-state index contributed by atoms with van der Waals surface area (Å²) in [5.74, 6) is 1.25. The van der Waals surface area contributed by atoms with Crippen LogP contribution < -0.4 is 0 Å². The van der Waals surface area contributed by atoms with E-state index in [-0.39, 0.29) is 0 Å². The van der Waals surface area contributed by atoms with Crippen LogP contribution in [0.2, 0.25) is 10.3 Å². The monoisotopic (exact) mass is 303 g/mol. The van der Waals surface area contributed by atoms with E-state index in [0.29, 0.717) is 28.9 Å². The van der Waals surface area contributed by atoms with Gasteiger partial charge in [0.05, 0.1) is 0 Å². The fourth-order valence-electron chi connectivity index (χ4n) is 2.39. The van der Waals surface area contributed by atoms with Crippen LogP contribution in [0.5, 0.6) is 0 Å². The Morgan fingerprint density at radius 3 is 2.37 bits per heavy atom. The first kappa shape index (κ1) is 14.8. The standard InChI is InChI=1S/C13H19Cl2N3O/c1-10-16-12(14)13(15)18(10)7-3-2-6-17-8-4-11(19)5-9-17/h2-9H2,1H3. The minimum atomic E-state index is 0.383. The molecule has 6 heteroatoms. The van der Waals surface area contributed by atoms with E-state index in [4.69, 9.17) is 23.2 Å². The summed E-state index contributed by atoms with van der Waals surface area (Å²) in [7, 11) is 0. The van der Waals surface area contributed by atoms with Gasteiger partial charge in [-0.1, -0.05) is 23.2 Å². The smallest absolute Gasteiger partial charge is 0.166 e. The molecule has 0 aromatic carbocycles. The Labute approximate surface area is 123 Å². The van der Waals surface area contributed by atoms with Crippen LogP contribution in [0.4, 0.5) is 0 Å². The predicted octanol–water partition coefficient (Wildman–Crippen LogP) is 2.94. The number of imidazole rings is 1. The second kappa shape index (κ2) is 6.73. The summed E-state index contributed by atoms with van der Waals surface area (Å²) in [4.78, 5) is 17.6. The molecule has 1 aliphatic heterocycles. The molecular weight excluding hydrogens is 285 g/mol. The van der Waals surface area contributed by atoms with Crippen molar-refractivity contribution in [2.24, 2.45) is 0 Å². The topological polar surface area (TPSA) is 38.1 Å². The second-order valence-electron chi connectivity index (χ2n) is 4.98. The van der Waals surface area contributed by atoms with Gasteiger partial charge in [-0.15, -0.1) is 0 Å². The molecule has 0 aliphatic carbocycles. The summed E-state index contributed by atoms with van der Waals surface area (Å²) >= 11 is 12.0. The fourth-order valence-corrected chi connectivity index (χ4v) is 2.87. The lowest BCUT2D eigenvalue weighted by Crippen LogP contribution is -2.34. The molecule has 1 aromatic rings. The molecule has 0 radical (unpaired) electrons. The molecule has 0 bridgehead atoms. The SMILES string of the molecule is Cc1nc(Cl)c(Cl)n1CCCCN1CCC(=O)CC1. The Bertz CT molecular complexity index is 449. The molecule has 1 aliphatic rings. The molecule has 1 fully saturated rings. The Morgan fingerprint density at radius 2 is 1.79 bits per heavy atom. The molecular formula is C13H19Cl2N3O. The molecule has 0 N–H and O–H groups in total. The van der Waals surface area contributed by atoms with Crippen molar-refractivity contribution in [3.8, 4) is 0 Å². The molecule has 0 saturated carbocycles. The molecule has 106 valence electrons. The average Bonchev–Trinajstić information content (AvgIpc) is 2.62. The minimum absolute atomic E-state index is 0.383. The molecule has 0 spiro atoms. The van der Waals surface area contributed by atoms with Crippen LogP contribution in [0.15, 0.2) is 0 Å². The number of carbonyl (C=O) groups is 1. The number of ketones is 1. The normalized spacial score (nSPS) is 17.1. The molecule has 0 atom stereocenters. The first-order valence-electron chi connectivity index (χ1n) is 6.70. The number of carbonyl (C=O) groups excluding carboxylic acids is 1. The molecule has 1 aromatic heterocycles. The molecule has 2 rings (SSSR count). The summed E-state index contributed by atoms with van der Waals surface area (Å²) in [6, 6.07) is 0. The minimum Gasteiger partial charge on any atom is -0.318 e. The molecule has 0 amide bonds. The van der Waals surface area contributed by atoms with Gasteiger partial charge in [0.1, 0.15) is 16.8 Å². The van der Waals surface area contributed by atoms with Gasteiger partial charge in [-0.3, -0.25) is 4.79 Å². The van der Waals surface area contributed by atoms with Crippen LogP contribution in [0.1, 0.15) is 31.5 Å². The first-order valence-corrected chi connectivity index (χ1v) is 7.45. The van der Waals surface area contributed by atoms with Gasteiger partial charge in [0.2, 0.25) is 0 Å². The quantitative estimate of drug-likeness (QED) is 0.785. The zero-order valence-corrected chi connectivity index (χ0v) is 12.7. The Balaban J connectivity index is 1.71. The van der Waals surface area contributed by atoms with Crippen molar-refractivity contribution in [3.63, 3.8) is 0 Å². The highest BCUT2D eigenvalue weighted by atomic mass is 35.5. The van der Waals surface area contributed by atoms with E-state index in [1.54, 1.807) is 0 Å². The van der Waals surface area contributed by atoms with Crippen LogP contribution in [-0.4, -0.2) is 39.9 Å². The van der Waals surface area contributed by atoms with Gasteiger partial charge in [0.25, 0.3) is 0 Å². The molecule has 0 unspecified atom stereocenters. The third-order valence-corrected chi connectivity index (χ3v) is 4.32. The lowest BCUT2D eigenvalue weighted by Gasteiger charge is -2.25. The number of piperidine rings is 1. The maximum atomic E-state index is 11.1. The van der Waals surface area contributed by atoms with Crippen molar-refractivity contribution >= 4 is 29.0 Å². The van der Waals surface area contributed by atoms with Gasteiger partial charge in [-0.2, -0.15) is 0 Å². The van der Waals surface area contributed by atoms with Gasteiger partial charge in [0.15, 0.2) is 5.15 Å². The Kier molecular flexibility index (Phi) is 5.25. The summed E-state index contributed by atoms with van der Waals surface area (Å²) in [6.07, 6.45) is 3.56. The van der Waals surface area contributed by atoms with E-state index < -0.39 is 0 Å². The number of aryl methyl sites for hydroxylation is 1. The van der Waals surface area contributed by atoms with Crippen LogP contribution in [0.3, 0.4) is 0 Å². The number of hydrogen-bond acceptors (Lipinski definition) is 3. The van der Waals surface area contributed by atoms with Crippen molar-refractivity contribution in [2.45, 2.75) is 39.2 Å². The Morgan fingerprint density at radius 1 is 1.16 bits per heavy atom. The zero-order valence-electron chi connectivity index (χ0n) is 11.2. The van der Waals surface area contributed by atoms with Crippen LogP contribution >= 0.6 is 23.2 Å². The van der Waals surface area contributed by atoms with E-state index in [9.17, 15) is 4.79 Å². The highest BCUT2D eigenvalue weighted by Gasteiger charge is 2.15. The van der Waals surface area contributed by atoms with E-state index in [1.807, 2.05) is 11.5 Å². The zero-order chi connectivity index (χ0) is 13.8. The van der Waals surface area contributed by atoms with Gasteiger partial charge < -0.3 is 9.47 Å². The highest BCUT2D eigenvalue weighted by Crippen LogP contribution is 2.22. The van der Waals surface area contributed by atoms with E-state index in [2.05, 4.69) is 9.88 Å². The summed E-state index contributed by atoms with van der Waals surface area (Å²) < 4.78 is 1.95. The summed E-state index contributed by atoms with van der Waals surface area (Å²) in [5.41, 5.74) is 0. The van der Waals surface area contributed by atoms with Crippen molar-refractivity contribution < 1.29 is 4.79 Å². The molecule has 19 heavy (non-hydrogen) atoms. The number of rotatable bonds is 5. The van der Waals surface area contributed by atoms with Crippen molar-refractivity contribution in [1.29, 1.82) is 0 Å². The largest absolute Gasteiger partial charge is 0.318 e. The summed E-state index contributed by atoms with van der Waals surface area (Å²) in [6.45, 7) is 5.63. The average molecular weight is 304 g/mol. The number of aromatic nitrogens is 2. The summed E-state index contributed by atoms with van der Waals surface area (Å²) in [5, 5.41) is 0.913. The predicted molar refractivity (Wildman–Crippen MR) is 76.9 cm³/mol. The van der Waals surface area contributed by atoms with Gasteiger partial charge >= 0.3 is 0 Å².